The van der Waals surface area contributed by atoms with Gasteiger partial charge in [-0.15, -0.1) is 0 Å². The molecule has 0 N–H and O–H groups in total. The van der Waals surface area contributed by atoms with Crippen molar-refractivity contribution in [2.75, 3.05) is 38.1 Å². The monoisotopic (exact) mass is 397 g/mol. The zero-order chi connectivity index (χ0) is 20.2. The molecule has 0 spiro atoms. The van der Waals surface area contributed by atoms with Crippen molar-refractivity contribution in [2.24, 2.45) is 0 Å². The summed E-state index contributed by atoms with van der Waals surface area (Å²) in [5.74, 6) is -0.147. The highest BCUT2D eigenvalue weighted by molar-refractivity contribution is 5.93. The fourth-order valence-corrected chi connectivity index (χ4v) is 4.52. The predicted molar refractivity (Wildman–Crippen MR) is 105 cm³/mol. The molecule has 2 aliphatic heterocycles. The SMILES string of the molecule is CN1CCN(c2cnn(C3CCN(C(=O)C4(c5ccc(F)cc5)CC4)C3)c2)C1=O. The fourth-order valence-electron chi connectivity index (χ4n) is 4.52. The highest BCUT2D eigenvalue weighted by Crippen LogP contribution is 2.50. The Morgan fingerprint density at radius 1 is 1.17 bits per heavy atom. The molecule has 1 atom stereocenters. The molecule has 1 aliphatic carbocycles. The Bertz CT molecular complexity index is 952. The van der Waals surface area contributed by atoms with Crippen LogP contribution >= 0.6 is 0 Å². The molecule has 2 aromatic rings. The van der Waals surface area contributed by atoms with Crippen LogP contribution < -0.4 is 4.90 Å². The number of benzene rings is 1. The van der Waals surface area contributed by atoms with Crippen LogP contribution in [0.5, 0.6) is 0 Å². The van der Waals surface area contributed by atoms with E-state index in [0.717, 1.165) is 30.5 Å². The van der Waals surface area contributed by atoms with Crippen molar-refractivity contribution >= 4 is 17.6 Å². The molecule has 7 nitrogen and oxygen atoms in total. The summed E-state index contributed by atoms with van der Waals surface area (Å²) in [6.07, 6.45) is 6.09. The van der Waals surface area contributed by atoms with Gasteiger partial charge in [0.1, 0.15) is 5.82 Å². The second kappa shape index (κ2) is 6.57. The second-order valence-corrected chi connectivity index (χ2v) is 8.32. The molecular formula is C21H24FN5O2. The molecule has 0 bridgehead atoms. The number of likely N-dealkylation sites (N-methyl/N-ethyl adjacent to an activating group) is 1. The van der Waals surface area contributed by atoms with E-state index in [9.17, 15) is 14.0 Å². The molecule has 1 aromatic heterocycles. The van der Waals surface area contributed by atoms with Gasteiger partial charge in [0.2, 0.25) is 5.91 Å². The summed E-state index contributed by atoms with van der Waals surface area (Å²) >= 11 is 0. The first kappa shape index (κ1) is 18.1. The quantitative estimate of drug-likeness (QED) is 0.796. The van der Waals surface area contributed by atoms with E-state index in [0.29, 0.717) is 26.2 Å². The van der Waals surface area contributed by atoms with Crippen LogP contribution in [0.2, 0.25) is 0 Å². The van der Waals surface area contributed by atoms with Crippen LogP contribution in [0.4, 0.5) is 14.9 Å². The number of aromatic nitrogens is 2. The normalized spacial score (nSPS) is 23.2. The first-order chi connectivity index (χ1) is 14.0. The van der Waals surface area contributed by atoms with Crippen LogP contribution in [0.3, 0.4) is 0 Å². The molecule has 152 valence electrons. The van der Waals surface area contributed by atoms with Crippen LogP contribution in [0, 0.1) is 5.82 Å². The predicted octanol–water partition coefficient (Wildman–Crippen LogP) is 2.40. The topological polar surface area (TPSA) is 61.7 Å². The van der Waals surface area contributed by atoms with Crippen LogP contribution in [0.25, 0.3) is 0 Å². The minimum atomic E-state index is -0.482. The second-order valence-electron chi connectivity index (χ2n) is 8.32. The maximum Gasteiger partial charge on any atom is 0.324 e. The fraction of sp³-hybridized carbons (Fsp3) is 0.476. The number of carbonyl (C=O) groups is 2. The Morgan fingerprint density at radius 2 is 1.93 bits per heavy atom. The Kier molecular flexibility index (Phi) is 4.11. The van der Waals surface area contributed by atoms with Crippen molar-refractivity contribution < 1.29 is 14.0 Å². The van der Waals surface area contributed by atoms with Gasteiger partial charge in [-0.1, -0.05) is 12.1 Å². The first-order valence-electron chi connectivity index (χ1n) is 10.1. The zero-order valence-corrected chi connectivity index (χ0v) is 16.4. The van der Waals surface area contributed by atoms with Crippen molar-refractivity contribution in [1.82, 2.24) is 19.6 Å². The number of urea groups is 1. The molecule has 8 heteroatoms. The minimum Gasteiger partial charge on any atom is -0.340 e. The van der Waals surface area contributed by atoms with Crippen molar-refractivity contribution in [3.05, 3.63) is 48.0 Å². The van der Waals surface area contributed by atoms with E-state index < -0.39 is 5.41 Å². The number of halogens is 1. The number of likely N-dealkylation sites (tertiary alicyclic amines) is 1. The number of amides is 3. The van der Waals surface area contributed by atoms with Gasteiger partial charge >= 0.3 is 6.03 Å². The average Bonchev–Trinajstić information content (AvgIpc) is 3.05. The van der Waals surface area contributed by atoms with Gasteiger partial charge in [-0.3, -0.25) is 14.4 Å². The minimum absolute atomic E-state index is 0.0113. The average molecular weight is 397 g/mol. The summed E-state index contributed by atoms with van der Waals surface area (Å²) in [6.45, 7) is 2.67. The van der Waals surface area contributed by atoms with Crippen molar-refractivity contribution in [2.45, 2.75) is 30.7 Å². The highest BCUT2D eigenvalue weighted by atomic mass is 19.1. The van der Waals surface area contributed by atoms with Crippen molar-refractivity contribution in [1.29, 1.82) is 0 Å². The molecule has 0 radical (unpaired) electrons. The Hall–Kier alpha value is -2.90. The van der Waals surface area contributed by atoms with E-state index in [1.165, 1.54) is 12.1 Å². The maximum atomic E-state index is 13.3. The molecule has 2 saturated heterocycles. The summed E-state index contributed by atoms with van der Waals surface area (Å²) in [6, 6.07) is 6.42. The Labute approximate surface area is 168 Å². The number of hydrogen-bond donors (Lipinski definition) is 0. The van der Waals surface area contributed by atoms with Crippen molar-refractivity contribution in [3.63, 3.8) is 0 Å². The molecule has 1 aromatic carbocycles. The number of anilines is 1. The van der Waals surface area contributed by atoms with Gasteiger partial charge < -0.3 is 9.80 Å². The lowest BCUT2D eigenvalue weighted by Crippen LogP contribution is -2.38. The number of carbonyl (C=O) groups excluding carboxylic acids is 2. The van der Waals surface area contributed by atoms with Gasteiger partial charge in [0.15, 0.2) is 0 Å². The summed E-state index contributed by atoms with van der Waals surface area (Å²) in [5, 5.41) is 4.47. The standard InChI is InChI=1S/C21H24FN5O2/c1-24-10-11-26(20(24)29)18-12-23-27(14-18)17-6-9-25(13-17)19(28)21(7-8-21)15-2-4-16(22)5-3-15/h2-5,12,14,17H,6-11,13H2,1H3. The van der Waals surface area contributed by atoms with E-state index in [-0.39, 0.29) is 23.8 Å². The van der Waals surface area contributed by atoms with Crippen LogP contribution in [0.15, 0.2) is 36.7 Å². The van der Waals surface area contributed by atoms with Gasteiger partial charge in [-0.2, -0.15) is 5.10 Å². The summed E-state index contributed by atoms with van der Waals surface area (Å²) in [5.41, 5.74) is 1.23. The third-order valence-corrected chi connectivity index (χ3v) is 6.50. The summed E-state index contributed by atoms with van der Waals surface area (Å²) < 4.78 is 15.1. The smallest absolute Gasteiger partial charge is 0.324 e. The van der Waals surface area contributed by atoms with Crippen LogP contribution in [-0.2, 0) is 10.2 Å². The van der Waals surface area contributed by atoms with Gasteiger partial charge in [-0.25, -0.2) is 9.18 Å². The molecule has 29 heavy (non-hydrogen) atoms. The van der Waals surface area contributed by atoms with Gasteiger partial charge in [0.25, 0.3) is 0 Å². The first-order valence-corrected chi connectivity index (χ1v) is 10.1. The third kappa shape index (κ3) is 2.97. The Balaban J connectivity index is 1.28. The number of nitrogens with zero attached hydrogens (tertiary/aromatic N) is 5. The van der Waals surface area contributed by atoms with Gasteiger partial charge in [0.05, 0.1) is 23.3 Å². The summed E-state index contributed by atoms with van der Waals surface area (Å²) in [4.78, 5) is 30.8. The lowest BCUT2D eigenvalue weighted by Gasteiger charge is -2.23. The lowest BCUT2D eigenvalue weighted by molar-refractivity contribution is -0.133. The molecule has 5 rings (SSSR count). The number of hydrogen-bond acceptors (Lipinski definition) is 3. The third-order valence-electron chi connectivity index (χ3n) is 6.50. The Morgan fingerprint density at radius 3 is 2.59 bits per heavy atom. The van der Waals surface area contributed by atoms with E-state index in [2.05, 4.69) is 5.10 Å². The van der Waals surface area contributed by atoms with Gasteiger partial charge in [-0.05, 0) is 37.0 Å². The maximum absolute atomic E-state index is 13.3. The molecular weight excluding hydrogens is 373 g/mol. The molecule has 3 heterocycles. The van der Waals surface area contributed by atoms with Crippen LogP contribution in [0.1, 0.15) is 30.9 Å². The molecule has 1 saturated carbocycles. The zero-order valence-electron chi connectivity index (χ0n) is 16.4. The molecule has 3 fully saturated rings. The largest absolute Gasteiger partial charge is 0.340 e. The lowest BCUT2D eigenvalue weighted by atomic mass is 9.94. The highest BCUT2D eigenvalue weighted by Gasteiger charge is 2.53. The van der Waals surface area contributed by atoms with Crippen molar-refractivity contribution in [3.8, 4) is 0 Å². The molecule has 3 aliphatic rings. The molecule has 3 amide bonds. The van der Waals surface area contributed by atoms with E-state index in [1.807, 2.05) is 15.8 Å². The molecule has 1 unspecified atom stereocenters. The van der Waals surface area contributed by atoms with E-state index in [1.54, 1.807) is 35.2 Å². The summed E-state index contributed by atoms with van der Waals surface area (Å²) in [7, 11) is 1.79. The van der Waals surface area contributed by atoms with E-state index >= 15 is 0 Å². The van der Waals surface area contributed by atoms with E-state index in [4.69, 9.17) is 0 Å². The van der Waals surface area contributed by atoms with Gasteiger partial charge in [0, 0.05) is 39.4 Å². The number of rotatable bonds is 4. The van der Waals surface area contributed by atoms with Crippen LogP contribution in [-0.4, -0.2) is 64.7 Å².